The lowest BCUT2D eigenvalue weighted by atomic mass is 10.0. The van der Waals surface area contributed by atoms with Crippen LogP contribution in [0.15, 0.2) is 0 Å². The number of aliphatic carboxylic acids is 1. The quantitative estimate of drug-likeness (QED) is 0.0372. The number of carbonyl (C=O) groups excluding carboxylic acids is 6. The number of nitrogens with zero attached hydrogens (tertiary/aromatic N) is 1. The van der Waals surface area contributed by atoms with Crippen LogP contribution in [0.5, 0.6) is 0 Å². The fourth-order valence-corrected chi connectivity index (χ4v) is 7.30. The number of rotatable bonds is 36. The summed E-state index contributed by atoms with van der Waals surface area (Å²) in [6, 6.07) is -2.53. The molecule has 326 valence electrons. The average Bonchev–Trinajstić information content (AvgIpc) is 3.61. The summed E-state index contributed by atoms with van der Waals surface area (Å²) < 4.78 is 0. The maximum absolute atomic E-state index is 13.4. The molecule has 7 N–H and O–H groups in total. The van der Waals surface area contributed by atoms with E-state index in [1.54, 1.807) is 18.7 Å². The van der Waals surface area contributed by atoms with Crippen LogP contribution in [0, 0.1) is 0 Å². The molecule has 14 nitrogen and oxygen atoms in total. The molecule has 0 aromatic rings. The second-order valence-corrected chi connectivity index (χ2v) is 16.3. The third-order valence-corrected chi connectivity index (χ3v) is 11.1. The van der Waals surface area contributed by atoms with Gasteiger partial charge in [0.25, 0.3) is 0 Å². The van der Waals surface area contributed by atoms with Gasteiger partial charge in [0.15, 0.2) is 5.78 Å². The van der Waals surface area contributed by atoms with E-state index in [0.717, 1.165) is 38.5 Å². The maximum atomic E-state index is 13.4. The molecule has 0 aromatic carbocycles. The van der Waals surface area contributed by atoms with E-state index >= 15 is 0 Å². The van der Waals surface area contributed by atoms with Crippen LogP contribution >= 0.6 is 12.2 Å². The van der Waals surface area contributed by atoms with Gasteiger partial charge in [0, 0.05) is 44.1 Å². The van der Waals surface area contributed by atoms with Gasteiger partial charge in [0.2, 0.25) is 23.6 Å². The Morgan fingerprint density at radius 2 is 1.28 bits per heavy atom. The Morgan fingerprint density at radius 3 is 1.81 bits per heavy atom. The lowest BCUT2D eigenvalue weighted by molar-refractivity contribution is -0.142. The molecule has 0 unspecified atom stereocenters. The third kappa shape index (κ3) is 26.4. The van der Waals surface area contributed by atoms with Crippen molar-refractivity contribution in [3.63, 3.8) is 0 Å². The van der Waals surface area contributed by atoms with Crippen LogP contribution in [0.25, 0.3) is 0 Å². The molecule has 1 aliphatic rings. The van der Waals surface area contributed by atoms with E-state index in [1.165, 1.54) is 58.3 Å². The Morgan fingerprint density at radius 1 is 0.719 bits per heavy atom. The molecule has 0 radical (unpaired) electrons. The minimum atomic E-state index is -1.17. The van der Waals surface area contributed by atoms with Crippen LogP contribution < -0.4 is 27.0 Å². The van der Waals surface area contributed by atoms with Gasteiger partial charge < -0.3 is 36.9 Å². The van der Waals surface area contributed by atoms with Gasteiger partial charge in [-0.2, -0.15) is 0 Å². The van der Waals surface area contributed by atoms with E-state index in [9.17, 15) is 38.7 Å². The fraction of sp³-hybridized carbons (Fsp3) is 0.810. The van der Waals surface area contributed by atoms with Crippen molar-refractivity contribution in [3.8, 4) is 0 Å². The number of primary amides is 1. The zero-order valence-corrected chi connectivity index (χ0v) is 36.0. The second-order valence-electron chi connectivity index (χ2n) is 15.8. The maximum Gasteiger partial charge on any atom is 0.326 e. The minimum absolute atomic E-state index is 0.0197. The van der Waals surface area contributed by atoms with Gasteiger partial charge in [-0.3, -0.25) is 28.9 Å². The van der Waals surface area contributed by atoms with Crippen LogP contribution in [0.1, 0.15) is 168 Å². The number of hydrogen-bond acceptors (Lipinski definition) is 10. The van der Waals surface area contributed by atoms with Crippen LogP contribution in [-0.4, -0.2) is 106 Å². The molecular formula is C42H74N6O8S. The molecule has 1 aliphatic heterocycles. The van der Waals surface area contributed by atoms with Crippen LogP contribution in [0.4, 0.5) is 0 Å². The molecule has 0 aliphatic carbocycles. The molecule has 0 bridgehead atoms. The first-order valence-electron chi connectivity index (χ1n) is 21.6. The van der Waals surface area contributed by atoms with Gasteiger partial charge in [-0.1, -0.05) is 89.3 Å². The van der Waals surface area contributed by atoms with Crippen LogP contribution in [0.2, 0.25) is 0 Å². The SMILES string of the molecule is CC(=O)CCCCCCCCCCCCCCCCC(=O)N[C@@H](CCC(=O)NCCCC[C@H](NCC(=S)[C@H](C)NC(C)=O)C(=O)CN1CCC[C@H]1C(N)=O)C(=O)O. The molecule has 0 spiro atoms. The standard InChI is InChI=1S/C42H74N6O8S/c1-31(49)21-16-14-12-10-8-6-4-5-7-9-11-13-15-17-24-40(53)47-35(42(55)56)25-26-39(52)44-27-19-18-22-34(45-29-38(57)32(2)46-33(3)50)37(51)30-48-28-20-23-36(48)41(43)54/h32,34-36,45H,4-30H2,1-3H3,(H2,43,54)(H,44,52)(H,46,50)(H,47,53)(H,55,56)/t32-,34-,35-,36-/m0/s1. The summed E-state index contributed by atoms with van der Waals surface area (Å²) in [6.45, 7) is 6.09. The highest BCUT2D eigenvalue weighted by Crippen LogP contribution is 2.18. The minimum Gasteiger partial charge on any atom is -0.480 e. The Labute approximate surface area is 346 Å². The molecule has 0 saturated carbocycles. The van der Waals surface area contributed by atoms with E-state index in [2.05, 4.69) is 21.3 Å². The topological polar surface area (TPSA) is 217 Å². The highest BCUT2D eigenvalue weighted by atomic mass is 32.1. The van der Waals surface area contributed by atoms with Gasteiger partial charge in [-0.25, -0.2) is 4.79 Å². The molecular weight excluding hydrogens is 749 g/mol. The van der Waals surface area contributed by atoms with E-state index in [1.807, 2.05) is 0 Å². The smallest absolute Gasteiger partial charge is 0.326 e. The molecule has 1 fully saturated rings. The summed E-state index contributed by atoms with van der Waals surface area (Å²) in [5.41, 5.74) is 5.54. The number of hydrogen-bond donors (Lipinski definition) is 6. The number of nitrogens with one attached hydrogen (secondary N) is 4. The van der Waals surface area contributed by atoms with Crippen LogP contribution in [-0.2, 0) is 33.6 Å². The number of Topliss-reactive ketones (excluding diaryl/α,β-unsaturated/α-hetero) is 2. The summed E-state index contributed by atoms with van der Waals surface area (Å²) in [5.74, 6) is -2.28. The summed E-state index contributed by atoms with van der Waals surface area (Å²) in [5, 5.41) is 21.0. The van der Waals surface area contributed by atoms with Crippen molar-refractivity contribution in [2.24, 2.45) is 5.73 Å². The molecule has 15 heteroatoms. The highest BCUT2D eigenvalue weighted by molar-refractivity contribution is 7.80. The van der Waals surface area contributed by atoms with E-state index in [-0.39, 0.29) is 67.7 Å². The number of carbonyl (C=O) groups is 7. The number of ketones is 2. The lowest BCUT2D eigenvalue weighted by Crippen LogP contribution is -2.49. The number of likely N-dealkylation sites (tertiary alicyclic amines) is 1. The monoisotopic (exact) mass is 823 g/mol. The summed E-state index contributed by atoms with van der Waals surface area (Å²) >= 11 is 5.45. The third-order valence-electron chi connectivity index (χ3n) is 10.6. The molecule has 1 heterocycles. The van der Waals surface area contributed by atoms with Crippen molar-refractivity contribution in [2.45, 2.75) is 193 Å². The Hall–Kier alpha value is -3.30. The van der Waals surface area contributed by atoms with E-state index < -0.39 is 30.0 Å². The number of nitrogens with two attached hydrogens (primary N) is 1. The average molecular weight is 823 g/mol. The molecule has 1 rings (SSSR count). The van der Waals surface area contributed by atoms with E-state index in [0.29, 0.717) is 56.5 Å². The van der Waals surface area contributed by atoms with Gasteiger partial charge >= 0.3 is 5.97 Å². The second kappa shape index (κ2) is 31.7. The number of thiocarbonyl (C=S) groups is 1. The number of carboxylic acids is 1. The van der Waals surface area contributed by atoms with Crippen molar-refractivity contribution < 1.29 is 38.7 Å². The predicted molar refractivity (Wildman–Crippen MR) is 227 cm³/mol. The molecule has 57 heavy (non-hydrogen) atoms. The molecule has 1 saturated heterocycles. The molecule has 0 aromatic heterocycles. The van der Waals surface area contributed by atoms with Crippen molar-refractivity contribution in [1.82, 2.24) is 26.2 Å². The Balaban J connectivity index is 2.29. The first kappa shape index (κ1) is 51.7. The molecule has 4 atom stereocenters. The zero-order chi connectivity index (χ0) is 42.4. The van der Waals surface area contributed by atoms with Crippen LogP contribution in [0.3, 0.4) is 0 Å². The van der Waals surface area contributed by atoms with Crippen molar-refractivity contribution >= 4 is 58.2 Å². The van der Waals surface area contributed by atoms with Gasteiger partial charge in [-0.05, 0) is 71.8 Å². The lowest BCUT2D eigenvalue weighted by Gasteiger charge is -2.25. The highest BCUT2D eigenvalue weighted by Gasteiger charge is 2.32. The summed E-state index contributed by atoms with van der Waals surface area (Å²) in [6.07, 6.45) is 19.8. The van der Waals surface area contributed by atoms with Gasteiger partial charge in [0.05, 0.1) is 24.7 Å². The Bertz CT molecular complexity index is 1270. The first-order chi connectivity index (χ1) is 27.2. The fourth-order valence-electron chi connectivity index (χ4n) is 7.16. The number of carboxylic acid groups (broad SMARTS) is 1. The molecule has 4 amide bonds. The zero-order valence-electron chi connectivity index (χ0n) is 35.1. The van der Waals surface area contributed by atoms with Gasteiger partial charge in [0.1, 0.15) is 11.8 Å². The van der Waals surface area contributed by atoms with Crippen molar-refractivity contribution in [1.29, 1.82) is 0 Å². The Kier molecular flexibility index (Phi) is 28.7. The van der Waals surface area contributed by atoms with Gasteiger partial charge in [-0.15, -0.1) is 0 Å². The number of unbranched alkanes of at least 4 members (excludes halogenated alkanes) is 14. The number of amides is 4. The van der Waals surface area contributed by atoms with Crippen molar-refractivity contribution in [2.75, 3.05) is 26.2 Å². The largest absolute Gasteiger partial charge is 0.480 e. The normalized spacial score (nSPS) is 15.7. The van der Waals surface area contributed by atoms with E-state index in [4.69, 9.17) is 18.0 Å². The summed E-state index contributed by atoms with van der Waals surface area (Å²) in [4.78, 5) is 86.7. The summed E-state index contributed by atoms with van der Waals surface area (Å²) in [7, 11) is 0. The first-order valence-corrected chi connectivity index (χ1v) is 22.0. The van der Waals surface area contributed by atoms with Crippen molar-refractivity contribution in [3.05, 3.63) is 0 Å². The predicted octanol–water partition coefficient (Wildman–Crippen LogP) is 4.82.